The lowest BCUT2D eigenvalue weighted by Gasteiger charge is -1.97. The lowest BCUT2D eigenvalue weighted by molar-refractivity contribution is 0.432. The summed E-state index contributed by atoms with van der Waals surface area (Å²) in [4.78, 5) is 8.44. The van der Waals surface area contributed by atoms with Crippen LogP contribution >= 0.6 is 27.5 Å². The molecule has 0 aliphatic heterocycles. The van der Waals surface area contributed by atoms with Crippen molar-refractivity contribution in [3.63, 3.8) is 0 Å². The Morgan fingerprint density at radius 2 is 2.05 bits per heavy atom. The number of pyridine rings is 1. The Labute approximate surface area is 127 Å². The van der Waals surface area contributed by atoms with E-state index >= 15 is 0 Å². The highest BCUT2D eigenvalue weighted by molar-refractivity contribution is 9.10. The SMILES string of the molecule is Oc1ccc(-c2nc(-c3ccc(Br)cn3)no2)cc1Cl. The van der Waals surface area contributed by atoms with E-state index in [1.165, 1.54) is 6.07 Å². The minimum atomic E-state index is 0.00438. The Hall–Kier alpha value is -1.92. The molecule has 3 aromatic rings. The Kier molecular flexibility index (Phi) is 3.42. The van der Waals surface area contributed by atoms with Crippen LogP contribution in [-0.4, -0.2) is 20.2 Å². The number of phenolic OH excluding ortho intramolecular Hbond substituents is 1. The summed E-state index contributed by atoms with van der Waals surface area (Å²) in [7, 11) is 0. The van der Waals surface area contributed by atoms with Crippen molar-refractivity contribution >= 4 is 27.5 Å². The maximum absolute atomic E-state index is 9.39. The molecule has 0 fully saturated rings. The molecule has 1 N–H and O–H groups in total. The Morgan fingerprint density at radius 3 is 2.75 bits per heavy atom. The highest BCUT2D eigenvalue weighted by Gasteiger charge is 2.12. The fourth-order valence-electron chi connectivity index (χ4n) is 1.59. The number of nitrogens with zero attached hydrogens (tertiary/aromatic N) is 3. The first kappa shape index (κ1) is 13.1. The molecular weight excluding hydrogens is 346 g/mol. The van der Waals surface area contributed by atoms with E-state index in [4.69, 9.17) is 16.1 Å². The second-order valence-electron chi connectivity index (χ2n) is 3.95. The van der Waals surface area contributed by atoms with E-state index in [1.807, 2.05) is 6.07 Å². The summed E-state index contributed by atoms with van der Waals surface area (Å²) < 4.78 is 6.05. The molecule has 2 aromatic heterocycles. The molecule has 3 rings (SSSR count). The number of halogens is 2. The third-order valence-corrected chi connectivity index (χ3v) is 3.35. The molecule has 2 heterocycles. The largest absolute Gasteiger partial charge is 0.506 e. The fraction of sp³-hybridized carbons (Fsp3) is 0. The van der Waals surface area contributed by atoms with Gasteiger partial charge in [0.15, 0.2) is 0 Å². The van der Waals surface area contributed by atoms with Crippen LogP contribution < -0.4 is 0 Å². The number of aromatic nitrogens is 3. The molecule has 0 amide bonds. The number of hydrogen-bond acceptors (Lipinski definition) is 5. The van der Waals surface area contributed by atoms with Gasteiger partial charge in [0.1, 0.15) is 11.4 Å². The third-order valence-electron chi connectivity index (χ3n) is 2.58. The van der Waals surface area contributed by atoms with Gasteiger partial charge in [-0.25, -0.2) is 0 Å². The number of hydrogen-bond donors (Lipinski definition) is 1. The maximum atomic E-state index is 9.39. The van der Waals surface area contributed by atoms with E-state index in [9.17, 15) is 5.11 Å². The number of aromatic hydroxyl groups is 1. The van der Waals surface area contributed by atoms with E-state index in [1.54, 1.807) is 24.4 Å². The van der Waals surface area contributed by atoms with Gasteiger partial charge in [-0.05, 0) is 46.3 Å². The Bertz CT molecular complexity index is 759. The fourth-order valence-corrected chi connectivity index (χ4v) is 2.01. The van der Waals surface area contributed by atoms with E-state index in [2.05, 4.69) is 31.1 Å². The summed E-state index contributed by atoms with van der Waals surface area (Å²) in [6, 6.07) is 8.30. The molecule has 20 heavy (non-hydrogen) atoms. The van der Waals surface area contributed by atoms with Gasteiger partial charge in [0.25, 0.3) is 5.89 Å². The summed E-state index contributed by atoms with van der Waals surface area (Å²) >= 11 is 9.16. The van der Waals surface area contributed by atoms with Crippen LogP contribution in [-0.2, 0) is 0 Å². The molecule has 5 nitrogen and oxygen atoms in total. The molecule has 0 bridgehead atoms. The van der Waals surface area contributed by atoms with Gasteiger partial charge in [-0.1, -0.05) is 16.8 Å². The van der Waals surface area contributed by atoms with Crippen molar-refractivity contribution in [3.05, 3.63) is 46.0 Å². The van der Waals surface area contributed by atoms with Crippen molar-refractivity contribution in [2.24, 2.45) is 0 Å². The molecular formula is C13H7BrClN3O2. The van der Waals surface area contributed by atoms with Gasteiger partial charge < -0.3 is 9.63 Å². The molecule has 0 atom stereocenters. The molecule has 0 unspecified atom stereocenters. The first-order chi connectivity index (χ1) is 9.63. The summed E-state index contributed by atoms with van der Waals surface area (Å²) in [5.41, 5.74) is 1.23. The highest BCUT2D eigenvalue weighted by Crippen LogP contribution is 2.29. The van der Waals surface area contributed by atoms with Crippen molar-refractivity contribution < 1.29 is 9.63 Å². The van der Waals surface area contributed by atoms with Gasteiger partial charge in [0.05, 0.1) is 5.02 Å². The number of benzene rings is 1. The van der Waals surface area contributed by atoms with Gasteiger partial charge in [0, 0.05) is 16.2 Å². The van der Waals surface area contributed by atoms with Crippen molar-refractivity contribution in [2.45, 2.75) is 0 Å². The minimum Gasteiger partial charge on any atom is -0.506 e. The first-order valence-corrected chi connectivity index (χ1v) is 6.75. The first-order valence-electron chi connectivity index (χ1n) is 5.58. The van der Waals surface area contributed by atoms with Gasteiger partial charge >= 0.3 is 0 Å². The van der Waals surface area contributed by atoms with Crippen molar-refractivity contribution in [1.82, 2.24) is 15.1 Å². The molecule has 100 valence electrons. The van der Waals surface area contributed by atoms with Crippen LogP contribution in [0.25, 0.3) is 23.0 Å². The van der Waals surface area contributed by atoms with Crippen LogP contribution in [0.4, 0.5) is 0 Å². The predicted octanol–water partition coefficient (Wildman–Crippen LogP) is 3.92. The molecule has 7 heteroatoms. The monoisotopic (exact) mass is 351 g/mol. The second-order valence-corrected chi connectivity index (χ2v) is 5.27. The van der Waals surface area contributed by atoms with Crippen molar-refractivity contribution in [3.8, 4) is 28.7 Å². The predicted molar refractivity (Wildman–Crippen MR) is 77.3 cm³/mol. The zero-order valence-electron chi connectivity index (χ0n) is 9.92. The second kappa shape index (κ2) is 5.22. The van der Waals surface area contributed by atoms with Crippen LogP contribution in [0.5, 0.6) is 5.75 Å². The molecule has 0 radical (unpaired) electrons. The zero-order valence-corrected chi connectivity index (χ0v) is 12.3. The molecule has 0 aliphatic rings. The Balaban J connectivity index is 1.97. The van der Waals surface area contributed by atoms with Crippen molar-refractivity contribution in [1.29, 1.82) is 0 Å². The summed E-state index contributed by atoms with van der Waals surface area (Å²) in [5.74, 6) is 0.702. The van der Waals surface area contributed by atoms with Crippen LogP contribution in [0, 0.1) is 0 Å². The summed E-state index contributed by atoms with van der Waals surface area (Å²) in [6.45, 7) is 0. The van der Waals surface area contributed by atoms with Crippen LogP contribution in [0.3, 0.4) is 0 Å². The standard InChI is InChI=1S/C13H7BrClN3O2/c14-8-2-3-10(16-6-8)12-17-13(20-18-12)7-1-4-11(19)9(15)5-7/h1-6,19H. The zero-order chi connectivity index (χ0) is 14.1. The van der Waals surface area contributed by atoms with Crippen LogP contribution in [0.1, 0.15) is 0 Å². The van der Waals surface area contributed by atoms with Crippen molar-refractivity contribution in [2.75, 3.05) is 0 Å². The minimum absolute atomic E-state index is 0.00438. The molecule has 0 saturated carbocycles. The number of rotatable bonds is 2. The maximum Gasteiger partial charge on any atom is 0.258 e. The Morgan fingerprint density at radius 1 is 1.20 bits per heavy atom. The summed E-state index contributed by atoms with van der Waals surface area (Å²) in [5, 5.41) is 13.5. The van der Waals surface area contributed by atoms with E-state index in [-0.39, 0.29) is 10.8 Å². The summed E-state index contributed by atoms with van der Waals surface area (Å²) in [6.07, 6.45) is 1.66. The molecule has 0 spiro atoms. The number of phenols is 1. The topological polar surface area (TPSA) is 72.0 Å². The lowest BCUT2D eigenvalue weighted by Crippen LogP contribution is -1.85. The van der Waals surface area contributed by atoms with Gasteiger partial charge in [0.2, 0.25) is 5.82 Å². The van der Waals surface area contributed by atoms with E-state index in [0.29, 0.717) is 23.0 Å². The quantitative estimate of drug-likeness (QED) is 0.757. The average Bonchev–Trinajstić information content (AvgIpc) is 2.92. The smallest absolute Gasteiger partial charge is 0.258 e. The highest BCUT2D eigenvalue weighted by atomic mass is 79.9. The molecule has 0 aliphatic carbocycles. The van der Waals surface area contributed by atoms with Gasteiger partial charge in [-0.15, -0.1) is 0 Å². The third kappa shape index (κ3) is 2.52. The van der Waals surface area contributed by atoms with Gasteiger partial charge in [-0.2, -0.15) is 4.98 Å². The van der Waals surface area contributed by atoms with Crippen LogP contribution in [0.15, 0.2) is 45.5 Å². The van der Waals surface area contributed by atoms with E-state index < -0.39 is 0 Å². The van der Waals surface area contributed by atoms with E-state index in [0.717, 1.165) is 4.47 Å². The van der Waals surface area contributed by atoms with Crippen LogP contribution in [0.2, 0.25) is 5.02 Å². The average molecular weight is 353 g/mol. The molecule has 0 saturated heterocycles. The molecule has 1 aromatic carbocycles. The van der Waals surface area contributed by atoms with Gasteiger partial charge in [-0.3, -0.25) is 4.98 Å². The lowest BCUT2D eigenvalue weighted by atomic mass is 10.2. The normalized spacial score (nSPS) is 10.7.